The lowest BCUT2D eigenvalue weighted by molar-refractivity contribution is -0.161. The predicted octanol–water partition coefficient (Wildman–Crippen LogP) is 13.0. The molecule has 0 aliphatic heterocycles. The minimum atomic E-state index is -4.89. The maximum Gasteiger partial charge on any atom is 0.472 e. The molecule has 392 valence electrons. The lowest BCUT2D eigenvalue weighted by Crippen LogP contribution is -2.30. The van der Waals surface area contributed by atoms with E-state index in [9.17, 15) is 33.8 Å². The van der Waals surface area contributed by atoms with Crippen molar-refractivity contribution in [1.29, 1.82) is 0 Å². The van der Waals surface area contributed by atoms with Crippen LogP contribution in [-0.2, 0) is 41.8 Å². The minimum absolute atomic E-state index is 0.0961. The molecule has 0 aromatic heterocycles. The Morgan fingerprint density at radius 2 is 1.04 bits per heavy atom. The van der Waals surface area contributed by atoms with Gasteiger partial charge < -0.3 is 34.4 Å². The molecule has 2 unspecified atom stereocenters. The van der Waals surface area contributed by atoms with Crippen LogP contribution in [0.1, 0.15) is 213 Å². The van der Waals surface area contributed by atoms with Crippen molar-refractivity contribution >= 4 is 27.6 Å². The highest BCUT2D eigenvalue weighted by atomic mass is 31.2. The Hall–Kier alpha value is -1.96. The van der Waals surface area contributed by atoms with Gasteiger partial charge in [-0.3, -0.25) is 23.2 Å². The Bertz CT molecular complexity index is 1400. The Morgan fingerprint density at radius 1 is 0.537 bits per heavy atom. The van der Waals surface area contributed by atoms with Crippen LogP contribution in [0.5, 0.6) is 0 Å². The third-order valence-corrected chi connectivity index (χ3v) is 12.8. The van der Waals surface area contributed by atoms with Crippen molar-refractivity contribution in [2.45, 2.75) is 232 Å². The van der Waals surface area contributed by atoms with E-state index >= 15 is 0 Å². The molecule has 16 heteroatoms. The van der Waals surface area contributed by atoms with E-state index < -0.39 is 72.3 Å². The summed E-state index contributed by atoms with van der Waals surface area (Å²) in [7, 11) is -9.75. The first-order valence-electron chi connectivity index (χ1n) is 25.8. The van der Waals surface area contributed by atoms with E-state index in [-0.39, 0.29) is 25.7 Å². The van der Waals surface area contributed by atoms with Crippen LogP contribution in [0.15, 0.2) is 48.6 Å². The van der Waals surface area contributed by atoms with Gasteiger partial charge >= 0.3 is 27.6 Å². The van der Waals surface area contributed by atoms with Gasteiger partial charge in [-0.05, 0) is 50.9 Å². The van der Waals surface area contributed by atoms with Gasteiger partial charge in [-0.1, -0.05) is 204 Å². The van der Waals surface area contributed by atoms with E-state index in [2.05, 4.69) is 54.1 Å². The number of phosphoric acid groups is 2. The van der Waals surface area contributed by atoms with Gasteiger partial charge in [0.15, 0.2) is 6.10 Å². The number of allylic oxidation sites excluding steroid dienone is 7. The number of hydrogen-bond acceptors (Lipinski definition) is 11. The van der Waals surface area contributed by atoms with Crippen molar-refractivity contribution in [3.63, 3.8) is 0 Å². The fourth-order valence-electron chi connectivity index (χ4n) is 7.02. The van der Waals surface area contributed by atoms with E-state index in [1.54, 1.807) is 12.2 Å². The van der Waals surface area contributed by atoms with Crippen molar-refractivity contribution in [2.75, 3.05) is 26.4 Å². The molecule has 0 radical (unpaired) electrons. The topological polar surface area (TPSA) is 216 Å². The smallest absolute Gasteiger partial charge is 0.462 e. The molecule has 14 nitrogen and oxygen atoms in total. The number of unbranched alkanes of at least 4 members (excludes halogenated alkanes) is 20. The van der Waals surface area contributed by atoms with Crippen molar-refractivity contribution in [2.24, 2.45) is 5.92 Å². The van der Waals surface area contributed by atoms with Crippen LogP contribution in [0, 0.1) is 5.92 Å². The van der Waals surface area contributed by atoms with Gasteiger partial charge in [-0.25, -0.2) is 9.13 Å². The maximum absolute atomic E-state index is 12.7. The van der Waals surface area contributed by atoms with Gasteiger partial charge in [-0.2, -0.15) is 0 Å². The Balaban J connectivity index is 4.52. The highest BCUT2D eigenvalue weighted by Gasteiger charge is 2.28. The summed E-state index contributed by atoms with van der Waals surface area (Å²) in [6.45, 7) is 3.93. The van der Waals surface area contributed by atoms with Crippen molar-refractivity contribution in [3.8, 4) is 0 Å². The second-order valence-electron chi connectivity index (χ2n) is 17.9. The van der Waals surface area contributed by atoms with Gasteiger partial charge in [0.05, 0.1) is 25.9 Å². The molecule has 5 N–H and O–H groups in total. The van der Waals surface area contributed by atoms with Crippen molar-refractivity contribution in [1.82, 2.24) is 0 Å². The standard InChI is InChI=1S/C51H94O14P2/c1-4-6-7-8-9-10-11-18-22-25-28-31-34-38-47(52)39-36-41-51(55)65-49(45-64-67(59,60)63-43-48(53)42-62-66(56,57)58)44-61-50(54)40-35-32-29-26-23-20-17-15-13-12-14-16-19-21-24-27-30-33-37-46(3)5-2/h9-10,18,22,28,31,34,38,46-49,52-53H,4-8,11-17,19-21,23-27,29-30,32-33,35-37,39-45H2,1-3H3,(H,59,60)(H2,56,57,58)/b10-9-,22-18-,31-28-,38-34+/t46?,47-,48-,49+/m0/s1. The molecule has 0 fully saturated rings. The molecule has 0 bridgehead atoms. The lowest BCUT2D eigenvalue weighted by atomic mass is 9.99. The lowest BCUT2D eigenvalue weighted by Gasteiger charge is -2.20. The molecule has 0 saturated carbocycles. The second-order valence-corrected chi connectivity index (χ2v) is 20.6. The molecular formula is C51H94O14P2. The third kappa shape index (κ3) is 48.8. The number of aliphatic hydroxyl groups is 2. The average Bonchev–Trinajstić information content (AvgIpc) is 3.29. The molecule has 0 rings (SSSR count). The average molecular weight is 993 g/mol. The van der Waals surface area contributed by atoms with Crippen molar-refractivity contribution < 1.29 is 66.7 Å². The predicted molar refractivity (Wildman–Crippen MR) is 268 cm³/mol. The van der Waals surface area contributed by atoms with Crippen LogP contribution in [0.25, 0.3) is 0 Å². The van der Waals surface area contributed by atoms with E-state index in [1.165, 1.54) is 122 Å². The molecule has 0 spiro atoms. The summed E-state index contributed by atoms with van der Waals surface area (Å²) in [4.78, 5) is 52.9. The SMILES string of the molecule is CCCCC/C=C\C/C=C\C/C=C\C=C\[C@H](O)CCCC(=O)O[C@H](COC(=O)CCCCCCCCCCCCCCCCCCCCC(C)CC)COP(=O)(O)OC[C@@H](O)COP(=O)(O)O. The van der Waals surface area contributed by atoms with Crippen LogP contribution >= 0.6 is 15.6 Å². The van der Waals surface area contributed by atoms with E-state index in [4.69, 9.17) is 23.8 Å². The fourth-order valence-corrected chi connectivity index (χ4v) is 8.17. The minimum Gasteiger partial charge on any atom is -0.462 e. The molecule has 5 atom stereocenters. The van der Waals surface area contributed by atoms with E-state index in [1.807, 2.05) is 12.2 Å². The third-order valence-electron chi connectivity index (χ3n) is 11.4. The summed E-state index contributed by atoms with van der Waals surface area (Å²) < 4.78 is 47.8. The van der Waals surface area contributed by atoms with Gasteiger partial charge in [0, 0.05) is 12.8 Å². The van der Waals surface area contributed by atoms with Gasteiger partial charge in [-0.15, -0.1) is 0 Å². The first-order chi connectivity index (χ1) is 32.2. The van der Waals surface area contributed by atoms with Crippen molar-refractivity contribution in [3.05, 3.63) is 48.6 Å². The molecule has 0 aromatic carbocycles. The van der Waals surface area contributed by atoms with Gasteiger partial charge in [0.1, 0.15) is 12.7 Å². The quantitative estimate of drug-likeness (QED) is 0.0126. The fraction of sp³-hybridized carbons (Fsp3) is 0.804. The highest BCUT2D eigenvalue weighted by molar-refractivity contribution is 7.47. The molecule has 0 heterocycles. The number of aliphatic hydroxyl groups excluding tert-OH is 2. The van der Waals surface area contributed by atoms with Crippen LogP contribution in [0.2, 0.25) is 0 Å². The summed E-state index contributed by atoms with van der Waals surface area (Å²) in [5.74, 6) is -0.347. The molecule has 0 aliphatic carbocycles. The summed E-state index contributed by atoms with van der Waals surface area (Å²) >= 11 is 0. The van der Waals surface area contributed by atoms with Crippen LogP contribution < -0.4 is 0 Å². The summed E-state index contributed by atoms with van der Waals surface area (Å²) in [6, 6.07) is 0. The monoisotopic (exact) mass is 993 g/mol. The number of esters is 2. The van der Waals surface area contributed by atoms with E-state index in [0.717, 1.165) is 44.4 Å². The molecule has 0 aliphatic rings. The number of hydrogen-bond donors (Lipinski definition) is 5. The summed E-state index contributed by atoms with van der Waals surface area (Å²) in [5.41, 5.74) is 0. The number of carbonyl (C=O) groups excluding carboxylic acids is 2. The van der Waals surface area contributed by atoms with Crippen LogP contribution in [0.3, 0.4) is 0 Å². The van der Waals surface area contributed by atoms with Gasteiger partial charge in [0.2, 0.25) is 0 Å². The first kappa shape index (κ1) is 65.0. The molecule has 67 heavy (non-hydrogen) atoms. The highest BCUT2D eigenvalue weighted by Crippen LogP contribution is 2.44. The summed E-state index contributed by atoms with van der Waals surface area (Å²) in [5, 5.41) is 20.1. The van der Waals surface area contributed by atoms with Crippen LogP contribution in [-0.4, -0.2) is 81.6 Å². The molecule has 0 aromatic rings. The number of carbonyl (C=O) groups is 2. The molecule has 0 amide bonds. The number of phosphoric ester groups is 2. The zero-order chi connectivity index (χ0) is 49.7. The van der Waals surface area contributed by atoms with Crippen LogP contribution in [0.4, 0.5) is 0 Å². The Kier molecular flexibility index (Phi) is 43.9. The second kappa shape index (κ2) is 45.2. The normalized spacial score (nSPS) is 15.2. The van der Waals surface area contributed by atoms with E-state index in [0.29, 0.717) is 6.42 Å². The first-order valence-corrected chi connectivity index (χ1v) is 28.9. The zero-order valence-electron chi connectivity index (χ0n) is 41.8. The Labute approximate surface area is 405 Å². The van der Waals surface area contributed by atoms with Gasteiger partial charge in [0.25, 0.3) is 0 Å². The number of rotatable bonds is 48. The molecular weight excluding hydrogens is 898 g/mol. The zero-order valence-corrected chi connectivity index (χ0v) is 43.6. The summed E-state index contributed by atoms with van der Waals surface area (Å²) in [6.07, 6.45) is 44.1. The molecule has 0 saturated heterocycles. The Morgan fingerprint density at radius 3 is 1.61 bits per heavy atom. The largest absolute Gasteiger partial charge is 0.472 e. The maximum atomic E-state index is 12.7. The number of ether oxygens (including phenoxy) is 2.